The van der Waals surface area contributed by atoms with E-state index in [1.807, 2.05) is 0 Å². The van der Waals surface area contributed by atoms with E-state index in [2.05, 4.69) is 54.4 Å². The number of likely N-dealkylation sites (N-methyl/N-ethyl adjacent to an activating group) is 1. The van der Waals surface area contributed by atoms with Crippen LogP contribution in [0.15, 0.2) is 30.3 Å². The van der Waals surface area contributed by atoms with Gasteiger partial charge in [0, 0.05) is 12.6 Å². The predicted octanol–water partition coefficient (Wildman–Crippen LogP) is 3.85. The van der Waals surface area contributed by atoms with E-state index in [0.717, 1.165) is 19.0 Å². The number of nitrogens with one attached hydrogen (secondary N) is 1. The summed E-state index contributed by atoms with van der Waals surface area (Å²) in [6.07, 6.45) is 5.51. The van der Waals surface area contributed by atoms with Crippen LogP contribution in [0.25, 0.3) is 0 Å². The van der Waals surface area contributed by atoms with E-state index < -0.39 is 0 Å². The van der Waals surface area contributed by atoms with Crippen molar-refractivity contribution in [3.05, 3.63) is 35.9 Å². The minimum Gasteiger partial charge on any atom is -0.315 e. The smallest absolute Gasteiger partial charge is 0.0472 e. The molecule has 0 spiro atoms. The van der Waals surface area contributed by atoms with Crippen molar-refractivity contribution < 1.29 is 0 Å². The maximum Gasteiger partial charge on any atom is 0.0472 e. The van der Waals surface area contributed by atoms with Crippen LogP contribution in [0.4, 0.5) is 0 Å². The molecule has 0 aliphatic carbocycles. The maximum absolute atomic E-state index is 3.54. The lowest BCUT2D eigenvalue weighted by Gasteiger charge is -2.38. The van der Waals surface area contributed by atoms with Crippen LogP contribution in [0.5, 0.6) is 0 Å². The molecular weight excluding hydrogens is 244 g/mol. The third kappa shape index (κ3) is 4.32. The van der Waals surface area contributed by atoms with Gasteiger partial charge in [0.15, 0.2) is 0 Å². The van der Waals surface area contributed by atoms with E-state index in [9.17, 15) is 0 Å². The summed E-state index contributed by atoms with van der Waals surface area (Å²) < 4.78 is 0. The number of benzene rings is 1. The summed E-state index contributed by atoms with van der Waals surface area (Å²) in [5.41, 5.74) is 1.46. The molecule has 0 aromatic heterocycles. The molecule has 1 aromatic carbocycles. The Balaban J connectivity index is 1.97. The average Bonchev–Trinajstić information content (AvgIpc) is 2.51. The van der Waals surface area contributed by atoms with Crippen molar-refractivity contribution >= 4 is 0 Å². The first kappa shape index (κ1) is 15.5. The zero-order valence-electron chi connectivity index (χ0n) is 13.1. The summed E-state index contributed by atoms with van der Waals surface area (Å²) in [6, 6.07) is 11.5. The van der Waals surface area contributed by atoms with E-state index in [4.69, 9.17) is 0 Å². The Hall–Kier alpha value is -0.860. The van der Waals surface area contributed by atoms with E-state index in [0.29, 0.717) is 6.04 Å². The molecule has 1 fully saturated rings. The lowest BCUT2D eigenvalue weighted by atomic mass is 9.91. The summed E-state index contributed by atoms with van der Waals surface area (Å²) >= 11 is 0. The maximum atomic E-state index is 3.54. The van der Waals surface area contributed by atoms with Crippen molar-refractivity contribution in [2.75, 3.05) is 26.2 Å². The highest BCUT2D eigenvalue weighted by atomic mass is 15.2. The molecule has 1 heterocycles. The molecule has 0 bridgehead atoms. The standard InChI is InChI=1S/C18H30N2/c1-3-8-16-11-13-20(14-12-16)18(15-19-4-2)17-9-6-5-7-10-17/h5-7,9-10,16,18-19H,3-4,8,11-15H2,1-2H3. The molecule has 2 heteroatoms. The van der Waals surface area contributed by atoms with E-state index >= 15 is 0 Å². The second kappa shape index (κ2) is 8.43. The molecule has 2 nitrogen and oxygen atoms in total. The van der Waals surface area contributed by atoms with Crippen molar-refractivity contribution in [3.8, 4) is 0 Å². The Labute approximate surface area is 124 Å². The summed E-state index contributed by atoms with van der Waals surface area (Å²) in [6.45, 7) is 9.14. The van der Waals surface area contributed by atoms with Crippen LogP contribution in [0, 0.1) is 5.92 Å². The van der Waals surface area contributed by atoms with E-state index in [-0.39, 0.29) is 0 Å². The molecule has 0 amide bonds. The Morgan fingerprint density at radius 3 is 2.45 bits per heavy atom. The van der Waals surface area contributed by atoms with Gasteiger partial charge < -0.3 is 5.32 Å². The molecule has 1 aliphatic rings. The largest absolute Gasteiger partial charge is 0.315 e. The summed E-state index contributed by atoms with van der Waals surface area (Å²) in [5, 5.41) is 3.54. The molecule has 2 rings (SSSR count). The van der Waals surface area contributed by atoms with Crippen molar-refractivity contribution in [2.45, 2.75) is 45.6 Å². The Kier molecular flexibility index (Phi) is 6.55. The summed E-state index contributed by atoms with van der Waals surface area (Å²) in [4.78, 5) is 2.68. The molecule has 1 atom stereocenters. The fourth-order valence-corrected chi connectivity index (χ4v) is 3.38. The van der Waals surface area contributed by atoms with Crippen LogP contribution in [-0.4, -0.2) is 31.1 Å². The van der Waals surface area contributed by atoms with Gasteiger partial charge in [0.25, 0.3) is 0 Å². The quantitative estimate of drug-likeness (QED) is 0.812. The Morgan fingerprint density at radius 1 is 1.15 bits per heavy atom. The molecule has 1 aliphatic heterocycles. The van der Waals surface area contributed by atoms with Gasteiger partial charge in [0.2, 0.25) is 0 Å². The van der Waals surface area contributed by atoms with Crippen LogP contribution in [0.3, 0.4) is 0 Å². The average molecular weight is 274 g/mol. The van der Waals surface area contributed by atoms with Gasteiger partial charge in [-0.1, -0.05) is 57.0 Å². The highest BCUT2D eigenvalue weighted by Crippen LogP contribution is 2.28. The zero-order valence-corrected chi connectivity index (χ0v) is 13.1. The van der Waals surface area contributed by atoms with Gasteiger partial charge in [-0.3, -0.25) is 4.90 Å². The van der Waals surface area contributed by atoms with Gasteiger partial charge in [-0.05, 0) is 44.0 Å². The molecule has 112 valence electrons. The number of likely N-dealkylation sites (tertiary alicyclic amines) is 1. The lowest BCUT2D eigenvalue weighted by Crippen LogP contribution is -2.41. The lowest BCUT2D eigenvalue weighted by molar-refractivity contribution is 0.127. The molecule has 1 aromatic rings. The molecule has 0 saturated carbocycles. The number of piperidine rings is 1. The van der Waals surface area contributed by atoms with Crippen molar-refractivity contribution in [2.24, 2.45) is 5.92 Å². The van der Waals surface area contributed by atoms with Gasteiger partial charge in [-0.2, -0.15) is 0 Å². The van der Waals surface area contributed by atoms with E-state index in [1.165, 1.54) is 44.3 Å². The fraction of sp³-hybridized carbons (Fsp3) is 0.667. The van der Waals surface area contributed by atoms with Crippen LogP contribution >= 0.6 is 0 Å². The Morgan fingerprint density at radius 2 is 1.85 bits per heavy atom. The minimum absolute atomic E-state index is 0.540. The molecule has 1 unspecified atom stereocenters. The molecule has 1 N–H and O–H groups in total. The number of hydrogen-bond donors (Lipinski definition) is 1. The second-order valence-corrected chi connectivity index (χ2v) is 6.00. The first-order valence-electron chi connectivity index (χ1n) is 8.34. The van der Waals surface area contributed by atoms with Crippen molar-refractivity contribution in [3.63, 3.8) is 0 Å². The second-order valence-electron chi connectivity index (χ2n) is 6.00. The van der Waals surface area contributed by atoms with Gasteiger partial charge in [0.05, 0.1) is 0 Å². The molecular formula is C18H30N2. The van der Waals surface area contributed by atoms with Crippen molar-refractivity contribution in [1.29, 1.82) is 0 Å². The molecule has 20 heavy (non-hydrogen) atoms. The van der Waals surface area contributed by atoms with Crippen LogP contribution in [0.1, 0.15) is 51.1 Å². The van der Waals surface area contributed by atoms with Crippen molar-refractivity contribution in [1.82, 2.24) is 10.2 Å². The number of hydrogen-bond acceptors (Lipinski definition) is 2. The SMILES string of the molecule is CCCC1CCN(C(CNCC)c2ccccc2)CC1. The third-order valence-corrected chi connectivity index (χ3v) is 4.56. The normalized spacial score (nSPS) is 19.1. The first-order valence-corrected chi connectivity index (χ1v) is 8.34. The Bertz CT molecular complexity index is 355. The predicted molar refractivity (Wildman–Crippen MR) is 86.9 cm³/mol. The highest BCUT2D eigenvalue weighted by molar-refractivity contribution is 5.19. The van der Waals surface area contributed by atoms with Crippen LogP contribution in [0.2, 0.25) is 0 Å². The van der Waals surface area contributed by atoms with E-state index in [1.54, 1.807) is 0 Å². The van der Waals surface area contributed by atoms with Crippen LogP contribution in [-0.2, 0) is 0 Å². The van der Waals surface area contributed by atoms with Gasteiger partial charge in [0.1, 0.15) is 0 Å². The minimum atomic E-state index is 0.540. The summed E-state index contributed by atoms with van der Waals surface area (Å²) in [7, 11) is 0. The molecule has 1 saturated heterocycles. The number of nitrogens with zero attached hydrogens (tertiary/aromatic N) is 1. The van der Waals surface area contributed by atoms with Gasteiger partial charge in [-0.15, -0.1) is 0 Å². The fourth-order valence-electron chi connectivity index (χ4n) is 3.38. The summed E-state index contributed by atoms with van der Waals surface area (Å²) in [5.74, 6) is 0.965. The zero-order chi connectivity index (χ0) is 14.2. The van der Waals surface area contributed by atoms with Gasteiger partial charge in [-0.25, -0.2) is 0 Å². The molecule has 0 radical (unpaired) electrons. The number of rotatable bonds is 7. The monoisotopic (exact) mass is 274 g/mol. The van der Waals surface area contributed by atoms with Gasteiger partial charge >= 0.3 is 0 Å². The van der Waals surface area contributed by atoms with Crippen LogP contribution < -0.4 is 5.32 Å². The topological polar surface area (TPSA) is 15.3 Å². The highest BCUT2D eigenvalue weighted by Gasteiger charge is 2.25. The first-order chi connectivity index (χ1) is 9.85. The third-order valence-electron chi connectivity index (χ3n) is 4.56.